The van der Waals surface area contributed by atoms with Crippen molar-refractivity contribution in [3.8, 4) is 0 Å². The summed E-state index contributed by atoms with van der Waals surface area (Å²) in [6.07, 6.45) is 1.57. The minimum Gasteiger partial charge on any atom is -0.296 e. The van der Waals surface area contributed by atoms with E-state index in [1.54, 1.807) is 30.5 Å². The predicted octanol–water partition coefficient (Wildman–Crippen LogP) is 3.14. The Balaban J connectivity index is 1.51. The Kier molecular flexibility index (Phi) is 6.24. The molecule has 9 heteroatoms. The number of hydrogen-bond acceptors (Lipinski definition) is 6. The third-order valence-electron chi connectivity index (χ3n) is 3.31. The summed E-state index contributed by atoms with van der Waals surface area (Å²) >= 11 is 6.92. The van der Waals surface area contributed by atoms with Gasteiger partial charge < -0.3 is 0 Å². The fraction of sp³-hybridized carbons (Fsp3) is 0.0556. The first-order chi connectivity index (χ1) is 13.1. The van der Waals surface area contributed by atoms with Crippen LogP contribution in [-0.2, 0) is 11.2 Å². The van der Waals surface area contributed by atoms with Crippen molar-refractivity contribution >= 4 is 46.1 Å². The van der Waals surface area contributed by atoms with Crippen LogP contribution in [0.4, 0.5) is 5.13 Å². The maximum absolute atomic E-state index is 12.1. The van der Waals surface area contributed by atoms with E-state index in [2.05, 4.69) is 26.0 Å². The van der Waals surface area contributed by atoms with Gasteiger partial charge in [-0.1, -0.05) is 53.3 Å². The van der Waals surface area contributed by atoms with Crippen molar-refractivity contribution in [1.29, 1.82) is 0 Å². The summed E-state index contributed by atoms with van der Waals surface area (Å²) in [5.41, 5.74) is 3.75. The Morgan fingerprint density at radius 2 is 1.81 bits per heavy atom. The van der Waals surface area contributed by atoms with Crippen LogP contribution in [0.2, 0.25) is 5.02 Å². The molecule has 0 bridgehead atoms. The van der Waals surface area contributed by atoms with Gasteiger partial charge in [0.1, 0.15) is 5.01 Å². The molecule has 0 unspecified atom stereocenters. The molecule has 1 heterocycles. The molecule has 0 fully saturated rings. The highest BCUT2D eigenvalue weighted by atomic mass is 35.5. The molecular formula is C18H14ClN5O2S. The summed E-state index contributed by atoms with van der Waals surface area (Å²) in [4.78, 5) is 24.0. The zero-order valence-corrected chi connectivity index (χ0v) is 15.5. The van der Waals surface area contributed by atoms with Gasteiger partial charge in [-0.2, -0.15) is 5.10 Å². The quantitative estimate of drug-likeness (QED) is 0.491. The van der Waals surface area contributed by atoms with E-state index in [4.69, 9.17) is 11.6 Å². The second-order valence-corrected chi connectivity index (χ2v) is 6.84. The fourth-order valence-corrected chi connectivity index (χ4v) is 2.90. The summed E-state index contributed by atoms with van der Waals surface area (Å²) in [5, 5.41) is 15.6. The fourth-order valence-electron chi connectivity index (χ4n) is 2.04. The van der Waals surface area contributed by atoms with Gasteiger partial charge in [0.15, 0.2) is 0 Å². The number of rotatable bonds is 6. The number of nitrogens with zero attached hydrogens (tertiary/aromatic N) is 3. The van der Waals surface area contributed by atoms with Crippen LogP contribution in [0.25, 0.3) is 0 Å². The van der Waals surface area contributed by atoms with E-state index >= 15 is 0 Å². The number of aromatic nitrogens is 2. The summed E-state index contributed by atoms with van der Waals surface area (Å²) in [6, 6.07) is 15.9. The average Bonchev–Trinajstić information content (AvgIpc) is 3.09. The van der Waals surface area contributed by atoms with E-state index in [0.717, 1.165) is 16.9 Å². The van der Waals surface area contributed by atoms with Crippen molar-refractivity contribution < 1.29 is 9.59 Å². The number of halogens is 1. The second kappa shape index (κ2) is 9.02. The maximum Gasteiger partial charge on any atom is 0.257 e. The third-order valence-corrected chi connectivity index (χ3v) is 4.40. The van der Waals surface area contributed by atoms with Crippen LogP contribution in [0.3, 0.4) is 0 Å². The molecule has 2 aromatic carbocycles. The van der Waals surface area contributed by atoms with Crippen LogP contribution < -0.4 is 10.7 Å². The normalized spacial score (nSPS) is 10.7. The van der Waals surface area contributed by atoms with Gasteiger partial charge in [-0.15, -0.1) is 10.2 Å². The van der Waals surface area contributed by atoms with Crippen molar-refractivity contribution in [3.63, 3.8) is 0 Å². The first-order valence-corrected chi connectivity index (χ1v) is 9.06. The molecule has 2 N–H and O–H groups in total. The van der Waals surface area contributed by atoms with Crippen LogP contribution in [0, 0.1) is 0 Å². The van der Waals surface area contributed by atoms with Crippen molar-refractivity contribution in [1.82, 2.24) is 15.6 Å². The van der Waals surface area contributed by atoms with Gasteiger partial charge in [-0.25, -0.2) is 5.43 Å². The van der Waals surface area contributed by atoms with E-state index in [1.165, 1.54) is 0 Å². The molecule has 3 rings (SSSR count). The van der Waals surface area contributed by atoms with Gasteiger partial charge in [0.25, 0.3) is 5.91 Å². The number of carbonyl (C=O) groups excluding carboxylic acids is 2. The highest BCUT2D eigenvalue weighted by Gasteiger charge is 2.12. The molecule has 1 aromatic heterocycles. The molecule has 0 saturated carbocycles. The Bertz CT molecular complexity index is 957. The third kappa shape index (κ3) is 5.70. The molecule has 0 aliphatic heterocycles. The molecule has 0 aliphatic rings. The molecule has 0 saturated heterocycles. The van der Waals surface area contributed by atoms with Crippen molar-refractivity contribution in [2.45, 2.75) is 6.42 Å². The maximum atomic E-state index is 12.1. The van der Waals surface area contributed by atoms with Crippen molar-refractivity contribution in [2.24, 2.45) is 5.10 Å². The summed E-state index contributed by atoms with van der Waals surface area (Å²) in [5.74, 6) is -0.653. The van der Waals surface area contributed by atoms with Crippen LogP contribution in [0.5, 0.6) is 0 Å². The molecule has 27 heavy (non-hydrogen) atoms. The van der Waals surface area contributed by atoms with Gasteiger partial charge in [-0.3, -0.25) is 14.9 Å². The molecule has 2 amide bonds. The number of amides is 2. The molecule has 0 spiro atoms. The van der Waals surface area contributed by atoms with Gasteiger partial charge in [0.2, 0.25) is 11.0 Å². The lowest BCUT2D eigenvalue weighted by Gasteiger charge is -2.00. The van der Waals surface area contributed by atoms with Crippen molar-refractivity contribution in [2.75, 3.05) is 5.32 Å². The lowest BCUT2D eigenvalue weighted by molar-refractivity contribution is -0.120. The van der Waals surface area contributed by atoms with Gasteiger partial charge in [0, 0.05) is 10.6 Å². The lowest BCUT2D eigenvalue weighted by atomic mass is 10.2. The number of nitrogens with one attached hydrogen (secondary N) is 2. The number of anilines is 1. The SMILES string of the molecule is O=C(Cc1nnc(NC(=O)c2ccc(Cl)cc2)s1)N/N=C\c1ccccc1. The van der Waals surface area contributed by atoms with Crippen molar-refractivity contribution in [3.05, 3.63) is 75.8 Å². The van der Waals surface area contributed by atoms with Gasteiger partial charge >= 0.3 is 0 Å². The lowest BCUT2D eigenvalue weighted by Crippen LogP contribution is -2.19. The second-order valence-electron chi connectivity index (χ2n) is 5.34. The Labute approximate surface area is 164 Å². The molecule has 0 radical (unpaired) electrons. The minimum absolute atomic E-state index is 0.0145. The average molecular weight is 400 g/mol. The van der Waals surface area contributed by atoms with Gasteiger partial charge in [0.05, 0.1) is 12.6 Å². The summed E-state index contributed by atoms with van der Waals surface area (Å²) < 4.78 is 0. The number of carbonyl (C=O) groups is 2. The summed E-state index contributed by atoms with van der Waals surface area (Å²) in [7, 11) is 0. The van der Waals surface area contributed by atoms with Gasteiger partial charge in [-0.05, 0) is 29.8 Å². The largest absolute Gasteiger partial charge is 0.296 e. The van der Waals surface area contributed by atoms with Crippen LogP contribution in [0.1, 0.15) is 20.9 Å². The molecule has 0 aliphatic carbocycles. The van der Waals surface area contributed by atoms with E-state index in [9.17, 15) is 9.59 Å². The first kappa shape index (κ1) is 18.7. The molecule has 136 valence electrons. The zero-order chi connectivity index (χ0) is 19.1. The first-order valence-electron chi connectivity index (χ1n) is 7.86. The zero-order valence-electron chi connectivity index (χ0n) is 13.9. The van der Waals surface area contributed by atoms with E-state index in [1.807, 2.05) is 30.3 Å². The smallest absolute Gasteiger partial charge is 0.257 e. The van der Waals surface area contributed by atoms with Crippen LogP contribution in [-0.4, -0.2) is 28.2 Å². The predicted molar refractivity (Wildman–Crippen MR) is 105 cm³/mol. The molecule has 7 nitrogen and oxygen atoms in total. The molecule has 3 aromatic rings. The highest BCUT2D eigenvalue weighted by Crippen LogP contribution is 2.17. The minimum atomic E-state index is -0.328. The standard InChI is InChI=1S/C18H14ClN5O2S/c19-14-8-6-13(7-9-14)17(26)21-18-24-23-16(27-18)10-15(25)22-20-11-12-4-2-1-3-5-12/h1-9,11H,10H2,(H,22,25)(H,21,24,26)/b20-11-. The van der Waals surface area contributed by atoms with Crippen LogP contribution in [0.15, 0.2) is 59.7 Å². The van der Waals surface area contributed by atoms with E-state index < -0.39 is 0 Å². The monoisotopic (exact) mass is 399 g/mol. The number of benzene rings is 2. The van der Waals surface area contributed by atoms with E-state index in [-0.39, 0.29) is 18.2 Å². The van der Waals surface area contributed by atoms with Crippen LogP contribution >= 0.6 is 22.9 Å². The van der Waals surface area contributed by atoms with E-state index in [0.29, 0.717) is 20.7 Å². The molecular weight excluding hydrogens is 386 g/mol. The number of hydrogen-bond donors (Lipinski definition) is 2. The topological polar surface area (TPSA) is 96.3 Å². The molecule has 0 atom stereocenters. The highest BCUT2D eigenvalue weighted by molar-refractivity contribution is 7.15. The summed E-state index contributed by atoms with van der Waals surface area (Å²) in [6.45, 7) is 0. The number of hydrazone groups is 1. The Morgan fingerprint density at radius 1 is 1.07 bits per heavy atom. The Morgan fingerprint density at radius 3 is 2.56 bits per heavy atom. The Hall–Kier alpha value is -3.10.